The largest absolute Gasteiger partial charge is 0.376 e. The van der Waals surface area contributed by atoms with Crippen LogP contribution in [0, 0.1) is 5.92 Å². The van der Waals surface area contributed by atoms with Gasteiger partial charge in [-0.2, -0.15) is 0 Å². The second-order valence-electron chi connectivity index (χ2n) is 5.49. The smallest absolute Gasteiger partial charge is 0.239 e. The summed E-state index contributed by atoms with van der Waals surface area (Å²) in [5, 5.41) is 6.02. The Kier molecular flexibility index (Phi) is 5.38. The zero-order valence-corrected chi connectivity index (χ0v) is 12.6. The van der Waals surface area contributed by atoms with Crippen LogP contribution in [0.5, 0.6) is 0 Å². The highest BCUT2D eigenvalue weighted by Crippen LogP contribution is 2.20. The minimum atomic E-state index is 0.0239. The molecule has 0 spiro atoms. The molecule has 21 heavy (non-hydrogen) atoms. The van der Waals surface area contributed by atoms with Crippen molar-refractivity contribution in [1.82, 2.24) is 5.32 Å². The van der Waals surface area contributed by atoms with Gasteiger partial charge in [0.2, 0.25) is 5.91 Å². The molecule has 0 bridgehead atoms. The Morgan fingerprint density at radius 3 is 2.19 bits per heavy atom. The van der Waals surface area contributed by atoms with Crippen LogP contribution in [-0.4, -0.2) is 19.0 Å². The van der Waals surface area contributed by atoms with Gasteiger partial charge in [0.25, 0.3) is 0 Å². The second kappa shape index (κ2) is 7.48. The minimum absolute atomic E-state index is 0.0239. The van der Waals surface area contributed by atoms with E-state index in [0.29, 0.717) is 19.0 Å². The number of hydrogen-bond donors (Lipinski definition) is 2. The molecule has 0 saturated heterocycles. The maximum Gasteiger partial charge on any atom is 0.239 e. The standard InChI is InChI=1S/C18H22N2O/c1-14(2)12-20-18(21)13-19-17-10-8-16(9-11-17)15-6-4-3-5-7-15/h3-11,14,19H,12-13H2,1-2H3,(H,20,21). The summed E-state index contributed by atoms with van der Waals surface area (Å²) in [4.78, 5) is 11.6. The maximum atomic E-state index is 11.6. The molecule has 3 nitrogen and oxygen atoms in total. The van der Waals surface area contributed by atoms with Crippen LogP contribution in [-0.2, 0) is 4.79 Å². The van der Waals surface area contributed by atoms with Gasteiger partial charge in [-0.3, -0.25) is 4.79 Å². The summed E-state index contributed by atoms with van der Waals surface area (Å²) in [5.74, 6) is 0.495. The number of nitrogens with one attached hydrogen (secondary N) is 2. The number of anilines is 1. The third kappa shape index (κ3) is 4.95. The Hall–Kier alpha value is -2.29. The first-order chi connectivity index (χ1) is 10.1. The molecule has 0 aliphatic rings. The Balaban J connectivity index is 1.87. The summed E-state index contributed by atoms with van der Waals surface area (Å²) in [6, 6.07) is 18.4. The van der Waals surface area contributed by atoms with E-state index in [0.717, 1.165) is 5.69 Å². The first kappa shape index (κ1) is 15.1. The fraction of sp³-hybridized carbons (Fsp3) is 0.278. The highest BCUT2D eigenvalue weighted by Gasteiger charge is 2.02. The summed E-state index contributed by atoms with van der Waals surface area (Å²) in [6.45, 7) is 5.18. The van der Waals surface area contributed by atoms with E-state index in [-0.39, 0.29) is 5.91 Å². The Labute approximate surface area is 126 Å². The lowest BCUT2D eigenvalue weighted by atomic mass is 10.1. The van der Waals surface area contributed by atoms with E-state index in [9.17, 15) is 4.79 Å². The molecule has 0 fully saturated rings. The average molecular weight is 282 g/mol. The number of amides is 1. The Morgan fingerprint density at radius 2 is 1.57 bits per heavy atom. The van der Waals surface area contributed by atoms with Crippen LogP contribution < -0.4 is 10.6 Å². The molecule has 3 heteroatoms. The van der Waals surface area contributed by atoms with Crippen LogP contribution in [0.15, 0.2) is 54.6 Å². The lowest BCUT2D eigenvalue weighted by molar-refractivity contribution is -0.119. The molecule has 0 aliphatic carbocycles. The van der Waals surface area contributed by atoms with Gasteiger partial charge in [-0.15, -0.1) is 0 Å². The van der Waals surface area contributed by atoms with E-state index in [1.807, 2.05) is 30.3 Å². The van der Waals surface area contributed by atoms with Gasteiger partial charge in [0.15, 0.2) is 0 Å². The van der Waals surface area contributed by atoms with Crippen LogP contribution in [0.1, 0.15) is 13.8 Å². The van der Waals surface area contributed by atoms with Gasteiger partial charge < -0.3 is 10.6 Å². The van der Waals surface area contributed by atoms with E-state index < -0.39 is 0 Å². The van der Waals surface area contributed by atoms with Crippen LogP contribution in [0.25, 0.3) is 11.1 Å². The van der Waals surface area contributed by atoms with Crippen molar-refractivity contribution >= 4 is 11.6 Å². The van der Waals surface area contributed by atoms with Gasteiger partial charge >= 0.3 is 0 Å². The van der Waals surface area contributed by atoms with Gasteiger partial charge in [-0.1, -0.05) is 56.3 Å². The van der Waals surface area contributed by atoms with Crippen molar-refractivity contribution in [3.63, 3.8) is 0 Å². The molecule has 0 saturated carbocycles. The topological polar surface area (TPSA) is 41.1 Å². The number of hydrogen-bond acceptors (Lipinski definition) is 2. The number of rotatable bonds is 6. The second-order valence-corrected chi connectivity index (χ2v) is 5.49. The van der Waals surface area contributed by atoms with Crippen molar-refractivity contribution in [3.8, 4) is 11.1 Å². The maximum absolute atomic E-state index is 11.6. The van der Waals surface area contributed by atoms with Crippen LogP contribution >= 0.6 is 0 Å². The molecule has 2 rings (SSSR count). The molecule has 0 radical (unpaired) electrons. The van der Waals surface area contributed by atoms with Crippen molar-refractivity contribution in [2.75, 3.05) is 18.4 Å². The number of benzene rings is 2. The third-order valence-electron chi connectivity index (χ3n) is 3.15. The van der Waals surface area contributed by atoms with Crippen molar-refractivity contribution in [2.45, 2.75) is 13.8 Å². The first-order valence-corrected chi connectivity index (χ1v) is 7.31. The summed E-state index contributed by atoms with van der Waals surface area (Å²) >= 11 is 0. The SMILES string of the molecule is CC(C)CNC(=O)CNc1ccc(-c2ccccc2)cc1. The van der Waals surface area contributed by atoms with Gasteiger partial charge in [0.1, 0.15) is 0 Å². The van der Waals surface area contributed by atoms with E-state index in [4.69, 9.17) is 0 Å². The molecule has 2 aromatic rings. The van der Waals surface area contributed by atoms with Crippen molar-refractivity contribution in [2.24, 2.45) is 5.92 Å². The van der Waals surface area contributed by atoms with Crippen LogP contribution in [0.3, 0.4) is 0 Å². The summed E-state index contributed by atoms with van der Waals surface area (Å²) in [5.41, 5.74) is 3.32. The van der Waals surface area contributed by atoms with Crippen LogP contribution in [0.2, 0.25) is 0 Å². The van der Waals surface area contributed by atoms with Gasteiger partial charge in [-0.05, 0) is 29.2 Å². The molecule has 0 aliphatic heterocycles. The highest BCUT2D eigenvalue weighted by molar-refractivity contribution is 5.80. The fourth-order valence-corrected chi connectivity index (χ4v) is 1.97. The molecule has 0 unspecified atom stereocenters. The first-order valence-electron chi connectivity index (χ1n) is 7.31. The summed E-state index contributed by atoms with van der Waals surface area (Å²) in [6.07, 6.45) is 0. The van der Waals surface area contributed by atoms with Gasteiger partial charge in [0, 0.05) is 12.2 Å². The van der Waals surface area contributed by atoms with Gasteiger partial charge in [-0.25, -0.2) is 0 Å². The summed E-state index contributed by atoms with van der Waals surface area (Å²) < 4.78 is 0. The predicted octanol–water partition coefficient (Wildman–Crippen LogP) is 3.54. The molecular weight excluding hydrogens is 260 g/mol. The van der Waals surface area contributed by atoms with E-state index in [1.165, 1.54) is 11.1 Å². The molecule has 0 heterocycles. The molecule has 1 amide bonds. The van der Waals surface area contributed by atoms with Crippen molar-refractivity contribution in [1.29, 1.82) is 0 Å². The molecule has 110 valence electrons. The monoisotopic (exact) mass is 282 g/mol. The highest BCUT2D eigenvalue weighted by atomic mass is 16.1. The summed E-state index contributed by atoms with van der Waals surface area (Å²) in [7, 11) is 0. The van der Waals surface area contributed by atoms with Crippen molar-refractivity contribution < 1.29 is 4.79 Å². The van der Waals surface area contributed by atoms with Gasteiger partial charge in [0.05, 0.1) is 6.54 Å². The zero-order valence-electron chi connectivity index (χ0n) is 12.6. The average Bonchev–Trinajstić information content (AvgIpc) is 2.52. The normalized spacial score (nSPS) is 10.4. The minimum Gasteiger partial charge on any atom is -0.376 e. The lowest BCUT2D eigenvalue weighted by Gasteiger charge is -2.10. The Bertz CT molecular complexity index is 562. The molecule has 0 aromatic heterocycles. The molecule has 2 aromatic carbocycles. The predicted molar refractivity (Wildman–Crippen MR) is 88.2 cm³/mol. The Morgan fingerprint density at radius 1 is 0.952 bits per heavy atom. The van der Waals surface area contributed by atoms with E-state index >= 15 is 0 Å². The van der Waals surface area contributed by atoms with Crippen LogP contribution in [0.4, 0.5) is 5.69 Å². The molecule has 2 N–H and O–H groups in total. The third-order valence-corrected chi connectivity index (χ3v) is 3.15. The fourth-order valence-electron chi connectivity index (χ4n) is 1.97. The quantitative estimate of drug-likeness (QED) is 0.851. The number of carbonyl (C=O) groups excluding carboxylic acids is 1. The lowest BCUT2D eigenvalue weighted by Crippen LogP contribution is -2.32. The number of carbonyl (C=O) groups is 1. The van der Waals surface area contributed by atoms with E-state index in [2.05, 4.69) is 48.7 Å². The van der Waals surface area contributed by atoms with E-state index in [1.54, 1.807) is 0 Å². The molecular formula is C18H22N2O. The van der Waals surface area contributed by atoms with Crippen molar-refractivity contribution in [3.05, 3.63) is 54.6 Å². The zero-order chi connectivity index (χ0) is 15.1. The molecule has 0 atom stereocenters.